The van der Waals surface area contributed by atoms with Gasteiger partial charge in [-0.2, -0.15) is 0 Å². The van der Waals surface area contributed by atoms with E-state index in [-0.39, 0.29) is 24.7 Å². The molecule has 1 saturated heterocycles. The van der Waals surface area contributed by atoms with Gasteiger partial charge in [0.05, 0.1) is 25.6 Å². The van der Waals surface area contributed by atoms with E-state index in [2.05, 4.69) is 0 Å². The number of ether oxygens (including phenoxy) is 3. The summed E-state index contributed by atoms with van der Waals surface area (Å²) in [5, 5.41) is 0. The van der Waals surface area contributed by atoms with Gasteiger partial charge < -0.3 is 19.1 Å². The fraction of sp³-hybridized carbons (Fsp3) is 0.500. The van der Waals surface area contributed by atoms with Crippen LogP contribution >= 0.6 is 0 Å². The van der Waals surface area contributed by atoms with Gasteiger partial charge in [-0.05, 0) is 18.2 Å². The SMILES string of the molecule is COCC(=O)N1CCC2(CC(=O)c3cc(OC)ccc3O2)C1. The van der Waals surface area contributed by atoms with Gasteiger partial charge in [-0.1, -0.05) is 0 Å². The lowest BCUT2D eigenvalue weighted by atomic mass is 9.89. The molecule has 1 unspecified atom stereocenters. The fourth-order valence-electron chi connectivity index (χ4n) is 3.10. The first kappa shape index (κ1) is 14.8. The van der Waals surface area contributed by atoms with Crippen LogP contribution < -0.4 is 9.47 Å². The Kier molecular flexibility index (Phi) is 3.78. The molecule has 2 aliphatic rings. The van der Waals surface area contributed by atoms with Crippen molar-refractivity contribution in [1.82, 2.24) is 4.90 Å². The summed E-state index contributed by atoms with van der Waals surface area (Å²) >= 11 is 0. The number of amides is 1. The van der Waals surface area contributed by atoms with Gasteiger partial charge in [0.2, 0.25) is 5.91 Å². The van der Waals surface area contributed by atoms with Crippen LogP contribution in [0.4, 0.5) is 0 Å². The monoisotopic (exact) mass is 305 g/mol. The molecule has 0 N–H and O–H groups in total. The number of benzene rings is 1. The number of Topliss-reactive ketones (excluding diaryl/α,β-unsaturated/α-hetero) is 1. The van der Waals surface area contributed by atoms with E-state index in [0.717, 1.165) is 0 Å². The largest absolute Gasteiger partial charge is 0.497 e. The van der Waals surface area contributed by atoms with E-state index in [0.29, 0.717) is 36.6 Å². The number of carbonyl (C=O) groups excluding carboxylic acids is 2. The molecule has 1 aromatic rings. The molecule has 1 aromatic carbocycles. The zero-order chi connectivity index (χ0) is 15.7. The topological polar surface area (TPSA) is 65.1 Å². The van der Waals surface area contributed by atoms with E-state index >= 15 is 0 Å². The smallest absolute Gasteiger partial charge is 0.248 e. The Balaban J connectivity index is 1.81. The maximum Gasteiger partial charge on any atom is 0.248 e. The number of rotatable bonds is 3. The molecule has 0 radical (unpaired) electrons. The predicted octanol–water partition coefficient (Wildman–Crippen LogP) is 1.28. The van der Waals surface area contributed by atoms with Crippen LogP contribution in [0.25, 0.3) is 0 Å². The molecule has 1 atom stereocenters. The minimum absolute atomic E-state index is 0.0289. The fourth-order valence-corrected chi connectivity index (χ4v) is 3.10. The van der Waals surface area contributed by atoms with E-state index in [4.69, 9.17) is 14.2 Å². The standard InChI is InChI=1S/C16H19NO5/c1-20-9-15(19)17-6-5-16(10-17)8-13(18)12-7-11(21-2)3-4-14(12)22-16/h3-4,7H,5-6,8-10H2,1-2H3. The second-order valence-electron chi connectivity index (χ2n) is 5.75. The summed E-state index contributed by atoms with van der Waals surface area (Å²) in [6.45, 7) is 1.06. The lowest BCUT2D eigenvalue weighted by Crippen LogP contribution is -2.45. The Morgan fingerprint density at radius 3 is 2.95 bits per heavy atom. The third kappa shape index (κ3) is 2.54. The van der Waals surface area contributed by atoms with Gasteiger partial charge in [0, 0.05) is 20.1 Å². The summed E-state index contributed by atoms with van der Waals surface area (Å²) in [7, 11) is 3.06. The van der Waals surface area contributed by atoms with Crippen LogP contribution in [0, 0.1) is 0 Å². The molecule has 2 aliphatic heterocycles. The predicted molar refractivity (Wildman–Crippen MR) is 78.4 cm³/mol. The quantitative estimate of drug-likeness (QED) is 0.841. The van der Waals surface area contributed by atoms with E-state index < -0.39 is 5.60 Å². The number of methoxy groups -OCH3 is 2. The minimum Gasteiger partial charge on any atom is -0.497 e. The van der Waals surface area contributed by atoms with Gasteiger partial charge in [-0.15, -0.1) is 0 Å². The number of fused-ring (bicyclic) bond motifs is 1. The Morgan fingerprint density at radius 2 is 2.23 bits per heavy atom. The van der Waals surface area contributed by atoms with Crippen LogP contribution in [0.5, 0.6) is 11.5 Å². The van der Waals surface area contributed by atoms with Crippen LogP contribution in [-0.2, 0) is 9.53 Å². The molecule has 1 amide bonds. The Bertz CT molecular complexity index is 615. The van der Waals surface area contributed by atoms with Crippen molar-refractivity contribution in [3.63, 3.8) is 0 Å². The first-order valence-electron chi connectivity index (χ1n) is 7.24. The molecule has 0 saturated carbocycles. The Hall–Kier alpha value is -2.08. The molecule has 2 heterocycles. The summed E-state index contributed by atoms with van der Waals surface area (Å²) in [5.41, 5.74) is -0.0612. The first-order chi connectivity index (χ1) is 10.6. The number of hydrogen-bond acceptors (Lipinski definition) is 5. The summed E-state index contributed by atoms with van der Waals surface area (Å²) in [6.07, 6.45) is 0.934. The summed E-state index contributed by atoms with van der Waals surface area (Å²) in [5.74, 6) is 1.16. The molecule has 118 valence electrons. The number of ketones is 1. The van der Waals surface area contributed by atoms with E-state index in [1.165, 1.54) is 7.11 Å². The minimum atomic E-state index is -0.609. The van der Waals surface area contributed by atoms with Crippen molar-refractivity contribution in [2.75, 3.05) is 33.9 Å². The number of hydrogen-bond donors (Lipinski definition) is 0. The van der Waals surface area contributed by atoms with Gasteiger partial charge in [0.15, 0.2) is 5.78 Å². The molecular formula is C16H19NO5. The van der Waals surface area contributed by atoms with Crippen molar-refractivity contribution in [2.24, 2.45) is 0 Å². The summed E-state index contributed by atoms with van der Waals surface area (Å²) in [6, 6.07) is 5.23. The highest BCUT2D eigenvalue weighted by molar-refractivity contribution is 6.01. The van der Waals surface area contributed by atoms with Crippen molar-refractivity contribution < 1.29 is 23.8 Å². The molecular weight excluding hydrogens is 286 g/mol. The van der Waals surface area contributed by atoms with Crippen LogP contribution in [0.15, 0.2) is 18.2 Å². The van der Waals surface area contributed by atoms with Crippen LogP contribution in [0.2, 0.25) is 0 Å². The van der Waals surface area contributed by atoms with Crippen LogP contribution in [0.3, 0.4) is 0 Å². The summed E-state index contributed by atoms with van der Waals surface area (Å²) < 4.78 is 16.1. The number of carbonyl (C=O) groups is 2. The van der Waals surface area contributed by atoms with E-state index in [9.17, 15) is 9.59 Å². The highest BCUT2D eigenvalue weighted by atomic mass is 16.5. The van der Waals surface area contributed by atoms with Gasteiger partial charge in [-0.25, -0.2) is 0 Å². The number of nitrogens with zero attached hydrogens (tertiary/aromatic N) is 1. The molecule has 1 fully saturated rings. The molecule has 3 rings (SSSR count). The third-order valence-corrected chi connectivity index (χ3v) is 4.23. The van der Waals surface area contributed by atoms with Crippen molar-refractivity contribution in [2.45, 2.75) is 18.4 Å². The molecule has 1 spiro atoms. The van der Waals surface area contributed by atoms with E-state index in [1.54, 1.807) is 30.2 Å². The average Bonchev–Trinajstić information content (AvgIpc) is 2.91. The summed E-state index contributed by atoms with van der Waals surface area (Å²) in [4.78, 5) is 26.1. The second kappa shape index (κ2) is 5.61. The van der Waals surface area contributed by atoms with Crippen molar-refractivity contribution in [1.29, 1.82) is 0 Å². The van der Waals surface area contributed by atoms with Crippen molar-refractivity contribution in [3.8, 4) is 11.5 Å². The zero-order valence-corrected chi connectivity index (χ0v) is 12.8. The zero-order valence-electron chi connectivity index (χ0n) is 12.8. The van der Waals surface area contributed by atoms with Crippen molar-refractivity contribution >= 4 is 11.7 Å². The first-order valence-corrected chi connectivity index (χ1v) is 7.24. The Labute approximate surface area is 128 Å². The second-order valence-corrected chi connectivity index (χ2v) is 5.75. The van der Waals surface area contributed by atoms with Crippen molar-refractivity contribution in [3.05, 3.63) is 23.8 Å². The van der Waals surface area contributed by atoms with Crippen LogP contribution in [-0.4, -0.2) is 56.1 Å². The lowest BCUT2D eigenvalue weighted by Gasteiger charge is -2.34. The maximum absolute atomic E-state index is 12.5. The third-order valence-electron chi connectivity index (χ3n) is 4.23. The normalized spacial score (nSPS) is 23.4. The molecule has 6 heteroatoms. The van der Waals surface area contributed by atoms with Gasteiger partial charge in [-0.3, -0.25) is 9.59 Å². The number of likely N-dealkylation sites (tertiary alicyclic amines) is 1. The highest BCUT2D eigenvalue weighted by Crippen LogP contribution is 2.39. The van der Waals surface area contributed by atoms with E-state index in [1.807, 2.05) is 0 Å². The highest BCUT2D eigenvalue weighted by Gasteiger charge is 2.46. The van der Waals surface area contributed by atoms with Gasteiger partial charge >= 0.3 is 0 Å². The van der Waals surface area contributed by atoms with Gasteiger partial charge in [0.1, 0.15) is 23.7 Å². The maximum atomic E-state index is 12.5. The average molecular weight is 305 g/mol. The molecule has 22 heavy (non-hydrogen) atoms. The van der Waals surface area contributed by atoms with Gasteiger partial charge in [0.25, 0.3) is 0 Å². The molecule has 0 aromatic heterocycles. The molecule has 0 aliphatic carbocycles. The molecule has 6 nitrogen and oxygen atoms in total. The lowest BCUT2D eigenvalue weighted by molar-refractivity contribution is -0.134. The van der Waals surface area contributed by atoms with Crippen LogP contribution in [0.1, 0.15) is 23.2 Å². The Morgan fingerprint density at radius 1 is 1.41 bits per heavy atom. The molecule has 0 bridgehead atoms.